The van der Waals surface area contributed by atoms with Crippen molar-refractivity contribution in [3.8, 4) is 11.5 Å². The number of fused-ring (bicyclic) bond motifs is 1. The molecule has 0 aromatic heterocycles. The maximum absolute atomic E-state index is 12.4. The normalized spacial score (nSPS) is 24.8. The number of ether oxygens (including phenoxy) is 1. The summed E-state index contributed by atoms with van der Waals surface area (Å²) in [6.07, 6.45) is 3.16. The third-order valence-corrected chi connectivity index (χ3v) is 5.61. The minimum absolute atomic E-state index is 0.00540. The predicted octanol–water partition coefficient (Wildman–Crippen LogP) is 0.517. The van der Waals surface area contributed by atoms with E-state index in [9.17, 15) is 19.7 Å². The Hall–Kier alpha value is -2.26. The van der Waals surface area contributed by atoms with Gasteiger partial charge >= 0.3 is 13.1 Å². The van der Waals surface area contributed by atoms with Gasteiger partial charge in [-0.2, -0.15) is 0 Å². The maximum Gasteiger partial charge on any atom is 0.522 e. The molecule has 0 spiro atoms. The lowest BCUT2D eigenvalue weighted by Crippen LogP contribution is -2.57. The summed E-state index contributed by atoms with van der Waals surface area (Å²) in [4.78, 5) is 25.9. The van der Waals surface area contributed by atoms with Crippen LogP contribution in [0.15, 0.2) is 12.1 Å². The molecule has 2 fully saturated rings. The summed E-state index contributed by atoms with van der Waals surface area (Å²) >= 11 is 0. The summed E-state index contributed by atoms with van der Waals surface area (Å²) in [7, 11) is -1.01. The van der Waals surface area contributed by atoms with E-state index in [4.69, 9.17) is 15.1 Å². The van der Waals surface area contributed by atoms with Gasteiger partial charge in [-0.3, -0.25) is 4.79 Å². The van der Waals surface area contributed by atoms with Gasteiger partial charge in [-0.05, 0) is 43.6 Å². The first kappa shape index (κ1) is 18.1. The number of nitrogens with two attached hydrogens (primary N) is 1. The maximum atomic E-state index is 12.4. The Morgan fingerprint density at radius 2 is 2.07 bits per heavy atom. The highest BCUT2D eigenvalue weighted by Gasteiger charge is 2.39. The fraction of sp³-hybridized carbons (Fsp3) is 0.556. The third kappa shape index (κ3) is 3.49. The Balaban J connectivity index is 1.43. The van der Waals surface area contributed by atoms with Crippen molar-refractivity contribution < 1.29 is 29.1 Å². The monoisotopic (exact) mass is 374 g/mol. The number of aromatic carboxylic acids is 1. The number of hydrogen-bond acceptors (Lipinski definition) is 6. The van der Waals surface area contributed by atoms with Crippen LogP contribution in [0.2, 0.25) is 6.32 Å². The highest BCUT2D eigenvalue weighted by molar-refractivity contribution is 6.44. The zero-order valence-corrected chi connectivity index (χ0v) is 15.0. The minimum atomic E-state index is -1.16. The molecule has 4 N–H and O–H groups in total. The van der Waals surface area contributed by atoms with Crippen molar-refractivity contribution in [1.29, 1.82) is 0 Å². The molecule has 1 aliphatic carbocycles. The van der Waals surface area contributed by atoms with Crippen LogP contribution in [0.5, 0.6) is 11.5 Å². The van der Waals surface area contributed by atoms with Crippen LogP contribution in [0.3, 0.4) is 0 Å². The van der Waals surface area contributed by atoms with Gasteiger partial charge in [0.05, 0.1) is 13.1 Å². The summed E-state index contributed by atoms with van der Waals surface area (Å²) in [6, 6.07) is 3.50. The number of rotatable bonds is 4. The molecule has 1 saturated heterocycles. The first-order valence-corrected chi connectivity index (χ1v) is 9.37. The zero-order chi connectivity index (χ0) is 19.1. The van der Waals surface area contributed by atoms with Crippen LogP contribution in [0.4, 0.5) is 0 Å². The number of carboxylic acid groups (broad SMARTS) is 1. The highest BCUT2D eigenvalue weighted by atomic mass is 16.5. The van der Waals surface area contributed by atoms with Gasteiger partial charge in [0.15, 0.2) is 0 Å². The van der Waals surface area contributed by atoms with Crippen molar-refractivity contribution in [2.24, 2.45) is 11.7 Å². The van der Waals surface area contributed by atoms with Crippen LogP contribution >= 0.6 is 0 Å². The van der Waals surface area contributed by atoms with Crippen molar-refractivity contribution in [2.75, 3.05) is 13.1 Å². The SMILES string of the molecule is N[C@@H]1CC[C@H](C(=O)N2CC(Oc3ccc4c(c3C(=O)O)OB(O)CC4)C2)C1. The van der Waals surface area contributed by atoms with Gasteiger partial charge in [-0.1, -0.05) is 6.07 Å². The number of amides is 1. The van der Waals surface area contributed by atoms with Gasteiger partial charge in [-0.25, -0.2) is 4.79 Å². The Morgan fingerprint density at radius 1 is 1.30 bits per heavy atom. The van der Waals surface area contributed by atoms with E-state index in [1.807, 2.05) is 0 Å². The van der Waals surface area contributed by atoms with E-state index in [0.29, 0.717) is 25.8 Å². The number of carboxylic acids is 1. The molecule has 3 aliphatic rings. The molecule has 1 aromatic rings. The molecular formula is C18H23BN2O6. The fourth-order valence-corrected chi connectivity index (χ4v) is 4.08. The second-order valence-electron chi connectivity index (χ2n) is 7.60. The van der Waals surface area contributed by atoms with Crippen molar-refractivity contribution in [3.05, 3.63) is 23.3 Å². The summed E-state index contributed by atoms with van der Waals surface area (Å²) < 4.78 is 11.2. The number of benzene rings is 1. The molecule has 144 valence electrons. The van der Waals surface area contributed by atoms with Gasteiger partial charge < -0.3 is 30.2 Å². The van der Waals surface area contributed by atoms with Gasteiger partial charge in [0.2, 0.25) is 5.91 Å². The molecule has 8 nitrogen and oxygen atoms in total. The molecule has 1 saturated carbocycles. The first-order valence-electron chi connectivity index (χ1n) is 9.37. The van der Waals surface area contributed by atoms with Crippen molar-refractivity contribution in [2.45, 2.75) is 44.1 Å². The molecular weight excluding hydrogens is 351 g/mol. The van der Waals surface area contributed by atoms with E-state index < -0.39 is 13.1 Å². The number of hydrogen-bond donors (Lipinski definition) is 3. The third-order valence-electron chi connectivity index (χ3n) is 5.61. The second-order valence-corrected chi connectivity index (χ2v) is 7.60. The molecule has 9 heteroatoms. The molecule has 1 aromatic carbocycles. The molecule has 2 atom stereocenters. The summed E-state index contributed by atoms with van der Waals surface area (Å²) in [5.41, 5.74) is 6.55. The van der Waals surface area contributed by atoms with Crippen LogP contribution < -0.4 is 15.1 Å². The van der Waals surface area contributed by atoms with Gasteiger partial charge in [0.25, 0.3) is 0 Å². The molecule has 2 heterocycles. The van der Waals surface area contributed by atoms with Crippen LogP contribution in [-0.2, 0) is 11.2 Å². The van der Waals surface area contributed by atoms with Crippen LogP contribution in [0, 0.1) is 5.92 Å². The molecule has 0 bridgehead atoms. The standard InChI is InChI=1S/C18H23BN2O6/c20-12-3-1-11(7-12)17(22)21-8-13(9-21)26-14-4-2-10-5-6-19(25)27-16(10)15(14)18(23)24/h2,4,11-13,25H,1,3,5-9,20H2,(H,23,24)/t11-,12+/m0/s1. The van der Waals surface area contributed by atoms with Crippen LogP contribution in [0.1, 0.15) is 35.2 Å². The first-order chi connectivity index (χ1) is 12.9. The molecule has 0 radical (unpaired) electrons. The summed E-state index contributed by atoms with van der Waals surface area (Å²) in [5, 5.41) is 19.3. The van der Waals surface area contributed by atoms with Crippen LogP contribution in [-0.4, -0.2) is 59.3 Å². The molecule has 0 unspecified atom stereocenters. The van der Waals surface area contributed by atoms with Crippen molar-refractivity contribution in [1.82, 2.24) is 4.90 Å². The molecule has 1 amide bonds. The quantitative estimate of drug-likeness (QED) is 0.657. The van der Waals surface area contributed by atoms with Gasteiger partial charge in [0.1, 0.15) is 23.2 Å². The Kier molecular flexibility index (Phi) is 4.73. The van der Waals surface area contributed by atoms with Gasteiger partial charge in [-0.15, -0.1) is 0 Å². The Labute approximate surface area is 157 Å². The fourth-order valence-electron chi connectivity index (χ4n) is 4.08. The number of aryl methyl sites for hydroxylation is 1. The average molecular weight is 374 g/mol. The smallest absolute Gasteiger partial charge is 0.522 e. The van der Waals surface area contributed by atoms with E-state index >= 15 is 0 Å². The summed E-state index contributed by atoms with van der Waals surface area (Å²) in [5.74, 6) is -0.684. The van der Waals surface area contributed by atoms with E-state index in [1.165, 1.54) is 0 Å². The largest absolute Gasteiger partial charge is 0.535 e. The van der Waals surface area contributed by atoms with Crippen molar-refractivity contribution >= 4 is 19.0 Å². The topological polar surface area (TPSA) is 122 Å². The van der Waals surface area contributed by atoms with E-state index in [-0.39, 0.29) is 41.0 Å². The predicted molar refractivity (Wildman–Crippen MR) is 96.8 cm³/mol. The minimum Gasteiger partial charge on any atom is -0.535 e. The van der Waals surface area contributed by atoms with E-state index in [1.54, 1.807) is 17.0 Å². The number of likely N-dealkylation sites (tertiary alicyclic amines) is 1. The second kappa shape index (κ2) is 7.05. The summed E-state index contributed by atoms with van der Waals surface area (Å²) in [6.45, 7) is 0.869. The Morgan fingerprint density at radius 3 is 2.74 bits per heavy atom. The molecule has 4 rings (SSSR count). The number of carbonyl (C=O) groups excluding carboxylic acids is 1. The number of nitrogens with zero attached hydrogens (tertiary/aromatic N) is 1. The van der Waals surface area contributed by atoms with Gasteiger partial charge in [0, 0.05) is 12.0 Å². The lowest BCUT2D eigenvalue weighted by atomic mass is 9.78. The molecule has 2 aliphatic heterocycles. The van der Waals surface area contributed by atoms with E-state index in [2.05, 4.69) is 0 Å². The average Bonchev–Trinajstić information content (AvgIpc) is 3.02. The number of carbonyl (C=O) groups is 2. The lowest BCUT2D eigenvalue weighted by molar-refractivity contribution is -0.144. The zero-order valence-electron chi connectivity index (χ0n) is 15.0. The molecule has 27 heavy (non-hydrogen) atoms. The van der Waals surface area contributed by atoms with E-state index in [0.717, 1.165) is 24.8 Å². The lowest BCUT2D eigenvalue weighted by Gasteiger charge is -2.40. The van der Waals surface area contributed by atoms with Crippen molar-refractivity contribution in [3.63, 3.8) is 0 Å². The highest BCUT2D eigenvalue weighted by Crippen LogP contribution is 2.37. The van der Waals surface area contributed by atoms with Crippen LogP contribution in [0.25, 0.3) is 0 Å². The Bertz CT molecular complexity index is 766.